The van der Waals surface area contributed by atoms with Gasteiger partial charge in [0.2, 0.25) is 0 Å². The van der Waals surface area contributed by atoms with Crippen LogP contribution in [0.25, 0.3) is 0 Å². The second kappa shape index (κ2) is 13.9. The van der Waals surface area contributed by atoms with E-state index < -0.39 is 26.8 Å². The topological polar surface area (TPSA) is 93.0 Å². The zero-order valence-electron chi connectivity index (χ0n) is 23.7. The third-order valence-electron chi connectivity index (χ3n) is 5.79. The van der Waals surface area contributed by atoms with Gasteiger partial charge in [-0.15, -0.1) is 0 Å². The van der Waals surface area contributed by atoms with Crippen molar-refractivity contribution in [2.75, 3.05) is 18.5 Å². The normalized spacial score (nSPS) is 15.2. The van der Waals surface area contributed by atoms with E-state index in [1.54, 1.807) is 62.4 Å². The summed E-state index contributed by atoms with van der Waals surface area (Å²) in [5, 5.41) is 2.68. The fourth-order valence-corrected chi connectivity index (χ4v) is 4.84. The van der Waals surface area contributed by atoms with Gasteiger partial charge < -0.3 is 10.1 Å². The SMILES string of the molecule is C/C(=C\C(COCC(C)C)=N/c1cccc(C2=NC=CCC=C2C(F)(F)F)n1)Nc1ccc(S(=O)(=O)C(C)C)cc1. The number of nitrogens with zero attached hydrogens (tertiary/aromatic N) is 3. The summed E-state index contributed by atoms with van der Waals surface area (Å²) in [5.41, 5.74) is 0.802. The summed E-state index contributed by atoms with van der Waals surface area (Å²) in [6.45, 7) is 9.74. The number of alkyl halides is 3. The summed E-state index contributed by atoms with van der Waals surface area (Å²) in [4.78, 5) is 13.2. The average molecular weight is 589 g/mol. The van der Waals surface area contributed by atoms with E-state index in [2.05, 4.69) is 20.3 Å². The zero-order valence-corrected chi connectivity index (χ0v) is 24.6. The lowest BCUT2D eigenvalue weighted by molar-refractivity contribution is -0.0861. The number of nitrogens with one attached hydrogen (secondary N) is 1. The number of pyridine rings is 1. The third kappa shape index (κ3) is 9.22. The molecule has 2 heterocycles. The summed E-state index contributed by atoms with van der Waals surface area (Å²) in [6, 6.07) is 11.1. The minimum absolute atomic E-state index is 0.0547. The molecular formula is C30H35F3N4O3S. The van der Waals surface area contributed by atoms with E-state index in [0.29, 0.717) is 23.7 Å². The van der Waals surface area contributed by atoms with E-state index >= 15 is 0 Å². The van der Waals surface area contributed by atoms with E-state index in [0.717, 1.165) is 6.08 Å². The monoisotopic (exact) mass is 588 g/mol. The highest BCUT2D eigenvalue weighted by Gasteiger charge is 2.37. The Morgan fingerprint density at radius 3 is 2.46 bits per heavy atom. The highest BCUT2D eigenvalue weighted by Crippen LogP contribution is 2.31. The van der Waals surface area contributed by atoms with E-state index in [4.69, 9.17) is 4.74 Å². The second-order valence-corrected chi connectivity index (χ2v) is 12.7. The van der Waals surface area contributed by atoms with Gasteiger partial charge in [-0.05, 0) is 75.6 Å². The van der Waals surface area contributed by atoms with Gasteiger partial charge in [-0.3, -0.25) is 4.99 Å². The van der Waals surface area contributed by atoms with E-state index in [9.17, 15) is 21.6 Å². The first-order valence-electron chi connectivity index (χ1n) is 13.2. The first kappa shape index (κ1) is 32.0. The molecule has 2 aromatic rings. The van der Waals surface area contributed by atoms with Crippen molar-refractivity contribution in [3.05, 3.63) is 83.9 Å². The molecule has 0 spiro atoms. The van der Waals surface area contributed by atoms with Crippen LogP contribution in [0.3, 0.4) is 0 Å². The number of halogens is 3. The molecule has 3 rings (SSSR count). The van der Waals surface area contributed by atoms with Crippen molar-refractivity contribution < 1.29 is 26.3 Å². The summed E-state index contributed by atoms with van der Waals surface area (Å²) in [6.07, 6.45) is 1.26. The average Bonchev–Trinajstić information content (AvgIpc) is 3.15. The Balaban J connectivity index is 1.91. The summed E-state index contributed by atoms with van der Waals surface area (Å²) >= 11 is 0. The van der Waals surface area contributed by atoms with Crippen molar-refractivity contribution in [1.29, 1.82) is 0 Å². The van der Waals surface area contributed by atoms with Crippen LogP contribution in [-0.2, 0) is 14.6 Å². The Labute approximate surface area is 239 Å². The Kier molecular flexibility index (Phi) is 10.8. The number of aromatic nitrogens is 1. The fourth-order valence-electron chi connectivity index (χ4n) is 3.78. The van der Waals surface area contributed by atoms with Gasteiger partial charge in [0.25, 0.3) is 0 Å². The van der Waals surface area contributed by atoms with Crippen molar-refractivity contribution in [1.82, 2.24) is 4.98 Å². The molecule has 0 aliphatic carbocycles. The van der Waals surface area contributed by atoms with Gasteiger partial charge >= 0.3 is 6.18 Å². The van der Waals surface area contributed by atoms with Gasteiger partial charge in [-0.25, -0.2) is 18.4 Å². The van der Waals surface area contributed by atoms with Crippen molar-refractivity contribution in [2.45, 2.75) is 57.4 Å². The number of hydrogen-bond donors (Lipinski definition) is 1. The van der Waals surface area contributed by atoms with Crippen molar-refractivity contribution in [3.8, 4) is 0 Å². The summed E-state index contributed by atoms with van der Waals surface area (Å²) in [7, 11) is -3.38. The predicted molar refractivity (Wildman–Crippen MR) is 158 cm³/mol. The highest BCUT2D eigenvalue weighted by atomic mass is 32.2. The van der Waals surface area contributed by atoms with Crippen LogP contribution in [-0.4, -0.2) is 49.5 Å². The van der Waals surface area contributed by atoms with Crippen molar-refractivity contribution in [2.24, 2.45) is 15.9 Å². The summed E-state index contributed by atoms with van der Waals surface area (Å²) in [5.74, 6) is 0.491. The molecule has 0 radical (unpaired) electrons. The van der Waals surface area contributed by atoms with Gasteiger partial charge in [0, 0.05) is 24.2 Å². The Morgan fingerprint density at radius 1 is 1.12 bits per heavy atom. The Bertz CT molecular complexity index is 1470. The maximum Gasteiger partial charge on any atom is 0.418 e. The number of aliphatic imine (C=N–C) groups is 2. The maximum absolute atomic E-state index is 13.7. The molecule has 1 aromatic carbocycles. The highest BCUT2D eigenvalue weighted by molar-refractivity contribution is 7.92. The zero-order chi connectivity index (χ0) is 30.2. The second-order valence-electron chi connectivity index (χ2n) is 10.2. The molecule has 1 aliphatic heterocycles. The summed E-state index contributed by atoms with van der Waals surface area (Å²) < 4.78 is 71.8. The minimum atomic E-state index is -4.58. The number of benzene rings is 1. The number of sulfone groups is 1. The molecule has 1 N–H and O–H groups in total. The molecule has 0 bridgehead atoms. The van der Waals surface area contributed by atoms with Crippen LogP contribution in [0.4, 0.5) is 24.7 Å². The van der Waals surface area contributed by atoms with Crippen LogP contribution < -0.4 is 5.32 Å². The molecule has 41 heavy (non-hydrogen) atoms. The predicted octanol–water partition coefficient (Wildman–Crippen LogP) is 7.22. The smallest absolute Gasteiger partial charge is 0.375 e. The molecule has 220 valence electrons. The van der Waals surface area contributed by atoms with Gasteiger partial charge in [0.15, 0.2) is 15.7 Å². The Hall–Kier alpha value is -3.57. The van der Waals surface area contributed by atoms with Crippen LogP contribution in [0.15, 0.2) is 93.0 Å². The van der Waals surface area contributed by atoms with Gasteiger partial charge in [0.1, 0.15) is 5.71 Å². The molecule has 1 aromatic heterocycles. The van der Waals surface area contributed by atoms with Gasteiger partial charge in [-0.2, -0.15) is 13.2 Å². The van der Waals surface area contributed by atoms with Crippen LogP contribution in [0.5, 0.6) is 0 Å². The first-order chi connectivity index (χ1) is 19.3. The van der Waals surface area contributed by atoms with Crippen LogP contribution in [0, 0.1) is 5.92 Å². The lowest BCUT2D eigenvalue weighted by atomic mass is 10.1. The number of hydrogen-bond acceptors (Lipinski definition) is 7. The number of allylic oxidation sites excluding steroid dienone is 4. The largest absolute Gasteiger partial charge is 0.418 e. The van der Waals surface area contributed by atoms with Gasteiger partial charge in [0.05, 0.1) is 33.7 Å². The standard InChI is InChI=1S/C30H35F3N4O3S/c1-20(2)18-40-19-24(17-22(5)35-23-12-14-25(15-13-23)41(38,39)21(3)4)36-28-11-8-10-27(37-28)29-26(30(31,32)33)9-6-7-16-34-29/h7-17,20-21,35H,6,18-19H2,1-5H3/b22-17+,36-24+. The number of rotatable bonds is 11. The molecule has 0 unspecified atom stereocenters. The molecule has 0 saturated carbocycles. The van der Waals surface area contributed by atoms with Crippen LogP contribution >= 0.6 is 0 Å². The first-order valence-corrected chi connectivity index (χ1v) is 14.7. The fraction of sp³-hybridized carbons (Fsp3) is 0.367. The lowest BCUT2D eigenvalue weighted by Gasteiger charge is -2.14. The molecule has 0 atom stereocenters. The van der Waals surface area contributed by atoms with Crippen molar-refractivity contribution in [3.63, 3.8) is 0 Å². The number of ether oxygens (including phenoxy) is 1. The molecule has 1 aliphatic rings. The van der Waals surface area contributed by atoms with Crippen LogP contribution in [0.2, 0.25) is 0 Å². The van der Waals surface area contributed by atoms with Crippen LogP contribution in [0.1, 0.15) is 46.7 Å². The van der Waals surface area contributed by atoms with Crippen molar-refractivity contribution >= 4 is 32.8 Å². The van der Waals surface area contributed by atoms with E-state index in [1.165, 1.54) is 12.3 Å². The van der Waals surface area contributed by atoms with E-state index in [-0.39, 0.29) is 41.1 Å². The molecule has 0 amide bonds. The lowest BCUT2D eigenvalue weighted by Crippen LogP contribution is -2.21. The molecule has 11 heteroatoms. The molecular weight excluding hydrogens is 553 g/mol. The molecule has 0 fully saturated rings. The third-order valence-corrected chi connectivity index (χ3v) is 7.96. The molecule has 7 nitrogen and oxygen atoms in total. The minimum Gasteiger partial charge on any atom is -0.375 e. The Morgan fingerprint density at radius 2 is 1.83 bits per heavy atom. The van der Waals surface area contributed by atoms with E-state index in [1.807, 2.05) is 20.8 Å². The van der Waals surface area contributed by atoms with Gasteiger partial charge in [-0.1, -0.05) is 32.1 Å². The number of anilines is 1. The quantitative estimate of drug-likeness (QED) is 0.280. The molecule has 0 saturated heterocycles. The maximum atomic E-state index is 13.7.